The number of hydrogen-bond donors (Lipinski definition) is 1. The lowest BCUT2D eigenvalue weighted by molar-refractivity contribution is 0.0690. The molecule has 0 aromatic carbocycles. The smallest absolute Gasteiger partial charge is 0.354 e. The van der Waals surface area contributed by atoms with Crippen molar-refractivity contribution in [2.45, 2.75) is 20.0 Å². The lowest BCUT2D eigenvalue weighted by atomic mass is 10.3. The number of carboxylic acid groups (broad SMARTS) is 1. The number of aromatic carboxylic acids is 1. The number of hydrogen-bond acceptors (Lipinski definition) is 6. The molecule has 2 rings (SSSR count). The molecule has 0 aliphatic heterocycles. The monoisotopic (exact) mass is 249 g/mol. The summed E-state index contributed by atoms with van der Waals surface area (Å²) in [6, 6.07) is 2.89. The molecule has 0 amide bonds. The van der Waals surface area contributed by atoms with Gasteiger partial charge >= 0.3 is 5.97 Å². The molecule has 0 aliphatic carbocycles. The molecule has 0 radical (unpaired) electrons. The van der Waals surface area contributed by atoms with Crippen molar-refractivity contribution in [2.75, 3.05) is 0 Å². The molecular formula is C11H11N3O4. The van der Waals surface area contributed by atoms with E-state index >= 15 is 0 Å². The standard InChI is InChI=1S/C11H11N3O4/c1-2-10-13-9(14-18-10)6-17-7-3-4-8(11(15)16)12-5-7/h3-5H,2,6H2,1H3,(H,15,16). The van der Waals surface area contributed by atoms with E-state index in [2.05, 4.69) is 15.1 Å². The van der Waals surface area contributed by atoms with E-state index in [-0.39, 0.29) is 12.3 Å². The average Bonchev–Trinajstić information content (AvgIpc) is 2.85. The molecule has 7 nitrogen and oxygen atoms in total. The second-order valence-electron chi connectivity index (χ2n) is 3.43. The van der Waals surface area contributed by atoms with Crippen molar-refractivity contribution >= 4 is 5.97 Å². The Morgan fingerprint density at radius 1 is 1.50 bits per heavy atom. The maximum atomic E-state index is 10.6. The molecular weight excluding hydrogens is 238 g/mol. The zero-order chi connectivity index (χ0) is 13.0. The number of aromatic nitrogens is 3. The van der Waals surface area contributed by atoms with E-state index in [9.17, 15) is 4.79 Å². The molecule has 2 heterocycles. The molecule has 2 aromatic heterocycles. The van der Waals surface area contributed by atoms with Crippen LogP contribution in [0.3, 0.4) is 0 Å². The first-order chi connectivity index (χ1) is 8.69. The van der Waals surface area contributed by atoms with Crippen molar-refractivity contribution in [1.29, 1.82) is 0 Å². The van der Waals surface area contributed by atoms with Crippen LogP contribution in [-0.2, 0) is 13.0 Å². The van der Waals surface area contributed by atoms with Gasteiger partial charge in [-0.2, -0.15) is 4.98 Å². The summed E-state index contributed by atoms with van der Waals surface area (Å²) in [5.74, 6) is 0.359. The minimum Gasteiger partial charge on any atom is -0.484 e. The average molecular weight is 249 g/mol. The van der Waals surface area contributed by atoms with Gasteiger partial charge in [-0.05, 0) is 12.1 Å². The lowest BCUT2D eigenvalue weighted by Gasteiger charge is -2.02. The highest BCUT2D eigenvalue weighted by atomic mass is 16.5. The zero-order valence-electron chi connectivity index (χ0n) is 9.66. The summed E-state index contributed by atoms with van der Waals surface area (Å²) in [5, 5.41) is 12.4. The van der Waals surface area contributed by atoms with Crippen molar-refractivity contribution in [3.8, 4) is 5.75 Å². The summed E-state index contributed by atoms with van der Waals surface area (Å²) in [7, 11) is 0. The Labute approximate surface area is 102 Å². The molecule has 0 spiro atoms. The molecule has 94 valence electrons. The second-order valence-corrected chi connectivity index (χ2v) is 3.43. The summed E-state index contributed by atoms with van der Waals surface area (Å²) < 4.78 is 10.3. The number of carbonyl (C=O) groups is 1. The molecule has 0 fully saturated rings. The van der Waals surface area contributed by atoms with Crippen LogP contribution in [0.4, 0.5) is 0 Å². The number of nitrogens with zero attached hydrogens (tertiary/aromatic N) is 3. The predicted molar refractivity (Wildman–Crippen MR) is 59.2 cm³/mol. The van der Waals surface area contributed by atoms with Crippen LogP contribution >= 0.6 is 0 Å². The van der Waals surface area contributed by atoms with Gasteiger partial charge in [-0.15, -0.1) is 0 Å². The number of carboxylic acids is 1. The van der Waals surface area contributed by atoms with E-state index in [1.54, 1.807) is 0 Å². The van der Waals surface area contributed by atoms with Gasteiger partial charge in [0.05, 0.1) is 6.20 Å². The quantitative estimate of drug-likeness (QED) is 0.852. The summed E-state index contributed by atoms with van der Waals surface area (Å²) in [5.41, 5.74) is -0.0322. The summed E-state index contributed by atoms with van der Waals surface area (Å²) >= 11 is 0. The largest absolute Gasteiger partial charge is 0.484 e. The first-order valence-corrected chi connectivity index (χ1v) is 5.32. The Bertz CT molecular complexity index is 535. The number of aryl methyl sites for hydroxylation is 1. The molecule has 18 heavy (non-hydrogen) atoms. The molecule has 0 aliphatic rings. The van der Waals surface area contributed by atoms with Gasteiger partial charge in [-0.1, -0.05) is 12.1 Å². The highest BCUT2D eigenvalue weighted by molar-refractivity contribution is 5.85. The van der Waals surface area contributed by atoms with E-state index in [1.807, 2.05) is 6.92 Å². The Morgan fingerprint density at radius 2 is 2.33 bits per heavy atom. The van der Waals surface area contributed by atoms with Gasteiger partial charge < -0.3 is 14.4 Å². The minimum absolute atomic E-state index is 0.0322. The van der Waals surface area contributed by atoms with E-state index in [4.69, 9.17) is 14.4 Å². The van der Waals surface area contributed by atoms with Gasteiger partial charge in [0, 0.05) is 6.42 Å². The summed E-state index contributed by atoms with van der Waals surface area (Å²) in [6.07, 6.45) is 2.01. The maximum absolute atomic E-state index is 10.6. The number of rotatable bonds is 5. The van der Waals surface area contributed by atoms with E-state index < -0.39 is 5.97 Å². The van der Waals surface area contributed by atoms with Crippen LogP contribution < -0.4 is 4.74 Å². The second kappa shape index (κ2) is 5.26. The molecule has 2 aromatic rings. The fraction of sp³-hybridized carbons (Fsp3) is 0.273. The third-order valence-corrected chi connectivity index (χ3v) is 2.14. The van der Waals surface area contributed by atoms with Gasteiger partial charge in [-0.3, -0.25) is 0 Å². The van der Waals surface area contributed by atoms with Crippen LogP contribution in [0.5, 0.6) is 5.75 Å². The first-order valence-electron chi connectivity index (χ1n) is 5.32. The molecule has 1 N–H and O–H groups in total. The Kier molecular flexibility index (Phi) is 3.52. The normalized spacial score (nSPS) is 10.3. The predicted octanol–water partition coefficient (Wildman–Crippen LogP) is 1.30. The van der Waals surface area contributed by atoms with Crippen LogP contribution in [0.15, 0.2) is 22.9 Å². The van der Waals surface area contributed by atoms with Gasteiger partial charge in [0.2, 0.25) is 11.7 Å². The fourth-order valence-corrected chi connectivity index (χ4v) is 1.23. The van der Waals surface area contributed by atoms with E-state index in [1.165, 1.54) is 18.3 Å². The van der Waals surface area contributed by atoms with Crippen LogP contribution in [0.25, 0.3) is 0 Å². The maximum Gasteiger partial charge on any atom is 0.354 e. The minimum atomic E-state index is -1.08. The lowest BCUT2D eigenvalue weighted by Crippen LogP contribution is -2.01. The summed E-state index contributed by atoms with van der Waals surface area (Å²) in [4.78, 5) is 18.4. The summed E-state index contributed by atoms with van der Waals surface area (Å²) in [6.45, 7) is 2.06. The van der Waals surface area contributed by atoms with Crippen molar-refractivity contribution in [3.05, 3.63) is 35.7 Å². The van der Waals surface area contributed by atoms with Crippen molar-refractivity contribution in [2.24, 2.45) is 0 Å². The fourth-order valence-electron chi connectivity index (χ4n) is 1.23. The third kappa shape index (κ3) is 2.82. The molecule has 7 heteroatoms. The topological polar surface area (TPSA) is 98.3 Å². The van der Waals surface area contributed by atoms with E-state index in [0.29, 0.717) is 23.9 Å². The highest BCUT2D eigenvalue weighted by Crippen LogP contribution is 2.11. The molecule has 0 saturated heterocycles. The van der Waals surface area contributed by atoms with Gasteiger partial charge in [0.1, 0.15) is 11.4 Å². The number of ether oxygens (including phenoxy) is 1. The zero-order valence-corrected chi connectivity index (χ0v) is 9.66. The van der Waals surface area contributed by atoms with Crippen LogP contribution in [0.2, 0.25) is 0 Å². The van der Waals surface area contributed by atoms with Crippen molar-refractivity contribution in [1.82, 2.24) is 15.1 Å². The van der Waals surface area contributed by atoms with Crippen molar-refractivity contribution in [3.63, 3.8) is 0 Å². The Balaban J connectivity index is 1.95. The third-order valence-electron chi connectivity index (χ3n) is 2.14. The van der Waals surface area contributed by atoms with Crippen molar-refractivity contribution < 1.29 is 19.2 Å². The van der Waals surface area contributed by atoms with E-state index in [0.717, 1.165) is 0 Å². The van der Waals surface area contributed by atoms with Crippen LogP contribution in [-0.4, -0.2) is 26.2 Å². The van der Waals surface area contributed by atoms with Crippen LogP contribution in [0.1, 0.15) is 29.1 Å². The molecule has 0 bridgehead atoms. The first kappa shape index (κ1) is 12.0. The Morgan fingerprint density at radius 3 is 2.89 bits per heavy atom. The molecule has 0 atom stereocenters. The highest BCUT2D eigenvalue weighted by Gasteiger charge is 2.07. The van der Waals surface area contributed by atoms with Crippen LogP contribution in [0, 0.1) is 0 Å². The molecule has 0 saturated carbocycles. The van der Waals surface area contributed by atoms with Gasteiger partial charge in [0.25, 0.3) is 0 Å². The number of pyridine rings is 1. The van der Waals surface area contributed by atoms with Gasteiger partial charge in [-0.25, -0.2) is 9.78 Å². The van der Waals surface area contributed by atoms with Gasteiger partial charge in [0.15, 0.2) is 6.61 Å². The SMILES string of the molecule is CCc1nc(COc2ccc(C(=O)O)nc2)no1. The molecule has 0 unspecified atom stereocenters. The Hall–Kier alpha value is -2.44.